The van der Waals surface area contributed by atoms with Crippen molar-refractivity contribution in [1.82, 2.24) is 14.7 Å². The molecule has 0 fully saturated rings. The minimum atomic E-state index is -1.10. The number of hydrogen-bond acceptors (Lipinski definition) is 3. The number of carbonyl (C=O) groups excluding carboxylic acids is 2. The molecule has 0 aliphatic heterocycles. The zero-order valence-corrected chi connectivity index (χ0v) is 16.9. The van der Waals surface area contributed by atoms with E-state index in [1.807, 2.05) is 6.92 Å². The third-order valence-corrected chi connectivity index (χ3v) is 5.05. The summed E-state index contributed by atoms with van der Waals surface area (Å²) in [6.07, 6.45) is -0.0194. The van der Waals surface area contributed by atoms with Gasteiger partial charge in [-0.1, -0.05) is 12.1 Å². The van der Waals surface area contributed by atoms with Crippen LogP contribution in [0, 0.1) is 25.5 Å². The number of nitrogens with zero attached hydrogens (tertiary/aromatic N) is 3. The lowest BCUT2D eigenvalue weighted by atomic mass is 10.0. The monoisotopic (exact) mass is 412 g/mol. The maximum Gasteiger partial charge on any atom is 0.244 e. The van der Waals surface area contributed by atoms with Crippen LogP contribution in [0.25, 0.3) is 5.69 Å². The van der Waals surface area contributed by atoms with Crippen LogP contribution < -0.4 is 5.73 Å². The summed E-state index contributed by atoms with van der Waals surface area (Å²) in [6, 6.07) is 10.2. The first-order valence-electron chi connectivity index (χ1n) is 9.30. The third kappa shape index (κ3) is 4.22. The number of likely N-dealkylation sites (N-methyl/N-ethyl adjacent to an activating group) is 1. The van der Waals surface area contributed by atoms with Crippen LogP contribution in [0.5, 0.6) is 0 Å². The number of primary amides is 1. The van der Waals surface area contributed by atoms with E-state index in [4.69, 9.17) is 5.73 Å². The fourth-order valence-electron chi connectivity index (χ4n) is 3.44. The Balaban J connectivity index is 1.87. The summed E-state index contributed by atoms with van der Waals surface area (Å²) in [5.41, 5.74) is 8.52. The molecule has 156 valence electrons. The summed E-state index contributed by atoms with van der Waals surface area (Å²) >= 11 is 0. The topological polar surface area (TPSA) is 81.2 Å². The van der Waals surface area contributed by atoms with Crippen LogP contribution in [0.1, 0.15) is 28.6 Å². The molecule has 30 heavy (non-hydrogen) atoms. The lowest BCUT2D eigenvalue weighted by Crippen LogP contribution is -2.40. The average Bonchev–Trinajstić information content (AvgIpc) is 2.96. The Morgan fingerprint density at radius 3 is 2.37 bits per heavy atom. The van der Waals surface area contributed by atoms with Crippen molar-refractivity contribution in [3.8, 4) is 5.69 Å². The summed E-state index contributed by atoms with van der Waals surface area (Å²) in [4.78, 5) is 26.2. The molecule has 8 heteroatoms. The molecule has 2 N–H and O–H groups in total. The van der Waals surface area contributed by atoms with Crippen LogP contribution in [-0.4, -0.2) is 33.5 Å². The smallest absolute Gasteiger partial charge is 0.244 e. The Morgan fingerprint density at radius 1 is 1.10 bits per heavy atom. The average molecular weight is 412 g/mol. The standard InChI is InChI=1S/C22H22F2N4O2/c1-13-19(14(2)28(26-13)18-9-7-16(23)8-10-18)12-20(29)27(3)21(22(25)30)15-5-4-6-17(24)11-15/h4-11,21H,12H2,1-3H3,(H2,25,30). The van der Waals surface area contributed by atoms with Gasteiger partial charge < -0.3 is 10.6 Å². The molecule has 1 aromatic heterocycles. The number of nitrogens with two attached hydrogens (primary N) is 1. The normalized spacial score (nSPS) is 11.9. The van der Waals surface area contributed by atoms with Gasteiger partial charge in [0.25, 0.3) is 0 Å². The lowest BCUT2D eigenvalue weighted by molar-refractivity contribution is -0.137. The Hall–Kier alpha value is -3.55. The maximum absolute atomic E-state index is 13.6. The van der Waals surface area contributed by atoms with Gasteiger partial charge in [0.15, 0.2) is 0 Å². The van der Waals surface area contributed by atoms with Crippen LogP contribution >= 0.6 is 0 Å². The van der Waals surface area contributed by atoms with E-state index in [1.54, 1.807) is 29.8 Å². The van der Waals surface area contributed by atoms with E-state index in [9.17, 15) is 18.4 Å². The number of aromatic nitrogens is 2. The molecule has 3 rings (SSSR count). The zero-order valence-electron chi connectivity index (χ0n) is 16.9. The minimum Gasteiger partial charge on any atom is -0.368 e. The number of carbonyl (C=O) groups is 2. The molecule has 0 saturated heterocycles. The third-order valence-electron chi connectivity index (χ3n) is 5.05. The Bertz CT molecular complexity index is 1090. The van der Waals surface area contributed by atoms with E-state index < -0.39 is 17.8 Å². The first-order valence-corrected chi connectivity index (χ1v) is 9.30. The molecule has 2 amide bonds. The molecule has 3 aromatic rings. The van der Waals surface area contributed by atoms with Gasteiger partial charge in [-0.25, -0.2) is 13.5 Å². The first-order chi connectivity index (χ1) is 14.2. The van der Waals surface area contributed by atoms with Crippen LogP contribution in [0.3, 0.4) is 0 Å². The van der Waals surface area contributed by atoms with Crippen LogP contribution in [0.15, 0.2) is 48.5 Å². The van der Waals surface area contributed by atoms with Gasteiger partial charge in [-0.3, -0.25) is 9.59 Å². The van der Waals surface area contributed by atoms with E-state index in [1.165, 1.54) is 42.3 Å². The highest BCUT2D eigenvalue weighted by atomic mass is 19.1. The number of rotatable bonds is 6. The van der Waals surface area contributed by atoms with E-state index in [0.717, 1.165) is 5.69 Å². The fraction of sp³-hybridized carbons (Fsp3) is 0.227. The predicted molar refractivity (Wildman–Crippen MR) is 108 cm³/mol. The van der Waals surface area contributed by atoms with Crippen LogP contribution in [0.2, 0.25) is 0 Å². The van der Waals surface area contributed by atoms with Crippen molar-refractivity contribution >= 4 is 11.8 Å². The molecule has 1 unspecified atom stereocenters. The van der Waals surface area contributed by atoms with Crippen molar-refractivity contribution in [2.45, 2.75) is 26.3 Å². The summed E-state index contributed by atoms with van der Waals surface area (Å²) in [5.74, 6) is -2.00. The molecular formula is C22H22F2N4O2. The van der Waals surface area contributed by atoms with Crippen LogP contribution in [0.4, 0.5) is 8.78 Å². The molecule has 0 aliphatic carbocycles. The molecule has 1 heterocycles. The Labute approximate surface area is 172 Å². The molecule has 1 atom stereocenters. The molecular weight excluding hydrogens is 390 g/mol. The molecule has 0 bridgehead atoms. The van der Waals surface area contributed by atoms with Crippen molar-refractivity contribution in [2.75, 3.05) is 7.05 Å². The van der Waals surface area contributed by atoms with Gasteiger partial charge in [0.1, 0.15) is 17.7 Å². The number of halogens is 2. The SMILES string of the molecule is Cc1nn(-c2ccc(F)cc2)c(C)c1CC(=O)N(C)C(C(N)=O)c1cccc(F)c1. The maximum atomic E-state index is 13.6. The first kappa shape index (κ1) is 21.2. The second kappa shape index (κ2) is 8.44. The zero-order chi connectivity index (χ0) is 22.0. The summed E-state index contributed by atoms with van der Waals surface area (Å²) in [6.45, 7) is 3.58. The van der Waals surface area contributed by atoms with Gasteiger partial charge >= 0.3 is 0 Å². The van der Waals surface area contributed by atoms with E-state index >= 15 is 0 Å². The highest BCUT2D eigenvalue weighted by Gasteiger charge is 2.28. The molecule has 2 aromatic carbocycles. The predicted octanol–water partition coefficient (Wildman–Crippen LogP) is 2.99. The molecule has 0 aliphatic rings. The number of benzene rings is 2. The van der Waals surface area contributed by atoms with Gasteiger partial charge in [-0.15, -0.1) is 0 Å². The van der Waals surface area contributed by atoms with Crippen molar-refractivity contribution in [3.05, 3.63) is 82.7 Å². The summed E-state index contributed by atoms with van der Waals surface area (Å²) < 4.78 is 28.5. The van der Waals surface area contributed by atoms with Crippen molar-refractivity contribution in [2.24, 2.45) is 5.73 Å². The molecule has 0 radical (unpaired) electrons. The highest BCUT2D eigenvalue weighted by molar-refractivity contribution is 5.88. The number of amides is 2. The minimum absolute atomic E-state index is 0.0194. The van der Waals surface area contributed by atoms with Crippen molar-refractivity contribution in [1.29, 1.82) is 0 Å². The lowest BCUT2D eigenvalue weighted by Gasteiger charge is -2.26. The quantitative estimate of drug-likeness (QED) is 0.676. The van der Waals surface area contributed by atoms with Crippen molar-refractivity contribution < 1.29 is 18.4 Å². The van der Waals surface area contributed by atoms with Gasteiger partial charge in [0, 0.05) is 18.3 Å². The second-order valence-corrected chi connectivity index (χ2v) is 7.08. The molecule has 0 spiro atoms. The largest absolute Gasteiger partial charge is 0.368 e. The van der Waals surface area contributed by atoms with Gasteiger partial charge in [-0.2, -0.15) is 5.10 Å². The van der Waals surface area contributed by atoms with E-state index in [2.05, 4.69) is 5.10 Å². The van der Waals surface area contributed by atoms with Gasteiger partial charge in [0.05, 0.1) is 17.8 Å². The summed E-state index contributed by atoms with van der Waals surface area (Å²) in [5, 5.41) is 4.45. The van der Waals surface area contributed by atoms with Crippen LogP contribution in [-0.2, 0) is 16.0 Å². The fourth-order valence-corrected chi connectivity index (χ4v) is 3.44. The Morgan fingerprint density at radius 2 is 1.77 bits per heavy atom. The van der Waals surface area contributed by atoms with E-state index in [0.29, 0.717) is 22.5 Å². The van der Waals surface area contributed by atoms with E-state index in [-0.39, 0.29) is 18.1 Å². The molecule has 0 saturated carbocycles. The second-order valence-electron chi connectivity index (χ2n) is 7.08. The Kier molecular flexibility index (Phi) is 5.96. The number of aryl methyl sites for hydroxylation is 1. The van der Waals surface area contributed by atoms with Gasteiger partial charge in [0.2, 0.25) is 11.8 Å². The highest BCUT2D eigenvalue weighted by Crippen LogP contribution is 2.23. The number of hydrogen-bond donors (Lipinski definition) is 1. The van der Waals surface area contributed by atoms with Crippen molar-refractivity contribution in [3.63, 3.8) is 0 Å². The summed E-state index contributed by atoms with van der Waals surface area (Å²) in [7, 11) is 1.46. The van der Waals surface area contributed by atoms with Gasteiger partial charge in [-0.05, 0) is 55.8 Å². The molecule has 6 nitrogen and oxygen atoms in total.